The Bertz CT molecular complexity index is 313. The summed E-state index contributed by atoms with van der Waals surface area (Å²) in [6.45, 7) is 2.92. The molecule has 0 bridgehead atoms. The molecule has 0 aromatic carbocycles. The molecule has 7 heteroatoms. The number of sulfonamides is 1. The fourth-order valence-electron chi connectivity index (χ4n) is 2.23. The Morgan fingerprint density at radius 2 is 1.75 bits per heavy atom. The summed E-state index contributed by atoms with van der Waals surface area (Å²) in [6, 6.07) is 0.295. The molecule has 0 radical (unpaired) electrons. The van der Waals surface area contributed by atoms with Crippen molar-refractivity contribution in [3.8, 4) is 0 Å². The third kappa shape index (κ3) is 3.07. The van der Waals surface area contributed by atoms with E-state index >= 15 is 0 Å². The monoisotopic (exact) mass is 270 g/mol. The van der Waals surface area contributed by atoms with Gasteiger partial charge in [-0.05, 0) is 12.8 Å². The summed E-state index contributed by atoms with van der Waals surface area (Å²) in [5.74, 6) is 0. The van der Waals surface area contributed by atoms with Crippen molar-refractivity contribution in [1.29, 1.82) is 0 Å². The van der Waals surface area contributed by atoms with Crippen LogP contribution in [0.3, 0.4) is 0 Å². The highest BCUT2D eigenvalue weighted by atomic mass is 35.5. The lowest BCUT2D eigenvalue weighted by Crippen LogP contribution is -2.62. The molecule has 0 aromatic rings. The van der Waals surface area contributed by atoms with Gasteiger partial charge in [-0.2, -0.15) is 4.31 Å². The number of halogens is 1. The predicted molar refractivity (Wildman–Crippen MR) is 64.4 cm³/mol. The van der Waals surface area contributed by atoms with Gasteiger partial charge in [0.2, 0.25) is 10.0 Å². The van der Waals surface area contributed by atoms with Crippen molar-refractivity contribution in [1.82, 2.24) is 9.62 Å². The molecular weight excluding hydrogens is 252 g/mol. The Labute approximate surface area is 103 Å². The highest BCUT2D eigenvalue weighted by Crippen LogP contribution is 2.21. The normalized spacial score (nSPS) is 23.9. The van der Waals surface area contributed by atoms with E-state index in [9.17, 15) is 8.42 Å². The van der Waals surface area contributed by atoms with E-state index < -0.39 is 10.0 Å². The number of nitrogens with zero attached hydrogens (tertiary/aromatic N) is 1. The highest BCUT2D eigenvalue weighted by Gasteiger charge is 2.37. The molecule has 2 heterocycles. The summed E-state index contributed by atoms with van der Waals surface area (Å²) >= 11 is 0. The van der Waals surface area contributed by atoms with Crippen LogP contribution in [0.5, 0.6) is 0 Å². The maximum Gasteiger partial charge on any atom is 0.211 e. The highest BCUT2D eigenvalue weighted by molar-refractivity contribution is 7.88. The van der Waals surface area contributed by atoms with Crippen LogP contribution in [-0.4, -0.2) is 57.4 Å². The molecule has 0 aromatic heterocycles. The topological polar surface area (TPSA) is 58.6 Å². The van der Waals surface area contributed by atoms with Crippen LogP contribution < -0.4 is 5.32 Å². The first kappa shape index (κ1) is 14.2. The lowest BCUT2D eigenvalue weighted by atomic mass is 10.1. The van der Waals surface area contributed by atoms with Gasteiger partial charge in [0, 0.05) is 38.4 Å². The molecule has 96 valence electrons. The van der Waals surface area contributed by atoms with E-state index in [4.69, 9.17) is 4.74 Å². The van der Waals surface area contributed by atoms with Crippen LogP contribution >= 0.6 is 12.4 Å². The summed E-state index contributed by atoms with van der Waals surface area (Å²) in [7, 11) is -3.09. The number of rotatable bonds is 3. The minimum Gasteiger partial charge on any atom is -0.381 e. The summed E-state index contributed by atoms with van der Waals surface area (Å²) in [5.41, 5.74) is 0. The summed E-state index contributed by atoms with van der Waals surface area (Å²) in [6.07, 6.45) is 2.95. The lowest BCUT2D eigenvalue weighted by molar-refractivity contribution is 0.0432. The van der Waals surface area contributed by atoms with E-state index in [0.717, 1.165) is 25.9 Å². The largest absolute Gasteiger partial charge is 0.381 e. The second-order valence-electron chi connectivity index (χ2n) is 4.25. The lowest BCUT2D eigenvalue weighted by Gasteiger charge is -2.42. The average molecular weight is 271 g/mol. The van der Waals surface area contributed by atoms with Crippen molar-refractivity contribution in [2.24, 2.45) is 0 Å². The van der Waals surface area contributed by atoms with Gasteiger partial charge in [0.05, 0.1) is 6.26 Å². The SMILES string of the molecule is CS(=O)(=O)N(C1CCOCC1)C1CNC1.Cl. The Balaban J connectivity index is 0.00000128. The zero-order valence-corrected chi connectivity index (χ0v) is 11.0. The van der Waals surface area contributed by atoms with Crippen LogP contribution in [-0.2, 0) is 14.8 Å². The standard InChI is InChI=1S/C9H18N2O3S.ClH/c1-15(12,13)11(9-6-10-7-9)8-2-4-14-5-3-8;/h8-10H,2-7H2,1H3;1H. The first-order valence-electron chi connectivity index (χ1n) is 5.36. The van der Waals surface area contributed by atoms with Gasteiger partial charge in [0.1, 0.15) is 0 Å². The van der Waals surface area contributed by atoms with E-state index in [-0.39, 0.29) is 24.5 Å². The number of ether oxygens (including phenoxy) is 1. The van der Waals surface area contributed by atoms with Crippen molar-refractivity contribution in [3.05, 3.63) is 0 Å². The third-order valence-corrected chi connectivity index (χ3v) is 4.42. The smallest absolute Gasteiger partial charge is 0.211 e. The fourth-order valence-corrected chi connectivity index (χ4v) is 3.68. The van der Waals surface area contributed by atoms with Gasteiger partial charge in [-0.25, -0.2) is 8.42 Å². The van der Waals surface area contributed by atoms with Crippen molar-refractivity contribution >= 4 is 22.4 Å². The predicted octanol–water partition coefficient (Wildman–Crippen LogP) is -0.179. The first-order chi connectivity index (χ1) is 7.09. The Hall–Kier alpha value is 0.120. The molecule has 0 atom stereocenters. The molecule has 0 amide bonds. The van der Waals surface area contributed by atoms with Gasteiger partial charge in [-0.3, -0.25) is 0 Å². The quantitative estimate of drug-likeness (QED) is 0.773. The molecular formula is C9H19ClN2O3S. The zero-order valence-electron chi connectivity index (χ0n) is 9.39. The molecule has 2 rings (SSSR count). The van der Waals surface area contributed by atoms with Crippen molar-refractivity contribution < 1.29 is 13.2 Å². The maximum absolute atomic E-state index is 11.7. The van der Waals surface area contributed by atoms with Crippen LogP contribution in [0.2, 0.25) is 0 Å². The Kier molecular flexibility index (Phi) is 5.00. The molecule has 2 aliphatic rings. The summed E-state index contributed by atoms with van der Waals surface area (Å²) < 4.78 is 30.4. The third-order valence-electron chi connectivity index (χ3n) is 3.05. The van der Waals surface area contributed by atoms with Crippen molar-refractivity contribution in [3.63, 3.8) is 0 Å². The molecule has 0 unspecified atom stereocenters. The van der Waals surface area contributed by atoms with Crippen LogP contribution in [0.15, 0.2) is 0 Å². The van der Waals surface area contributed by atoms with Crippen LogP contribution in [0.4, 0.5) is 0 Å². The maximum atomic E-state index is 11.7. The summed E-state index contributed by atoms with van der Waals surface area (Å²) in [4.78, 5) is 0. The average Bonchev–Trinajstić information content (AvgIpc) is 2.10. The molecule has 5 nitrogen and oxygen atoms in total. The van der Waals surface area contributed by atoms with Gasteiger partial charge in [0.25, 0.3) is 0 Å². The number of hydrogen-bond donors (Lipinski definition) is 1. The Morgan fingerprint density at radius 1 is 1.19 bits per heavy atom. The summed E-state index contributed by atoms with van der Waals surface area (Å²) in [5, 5.41) is 3.12. The molecule has 2 saturated heterocycles. The molecule has 0 saturated carbocycles. The van der Waals surface area contributed by atoms with Crippen molar-refractivity contribution in [2.75, 3.05) is 32.6 Å². The van der Waals surface area contributed by atoms with Crippen LogP contribution in [0.25, 0.3) is 0 Å². The minimum absolute atomic E-state index is 0. The Morgan fingerprint density at radius 3 is 2.12 bits per heavy atom. The second kappa shape index (κ2) is 5.64. The number of nitrogens with one attached hydrogen (secondary N) is 1. The molecule has 2 aliphatic heterocycles. The zero-order chi connectivity index (χ0) is 10.9. The first-order valence-corrected chi connectivity index (χ1v) is 7.21. The molecule has 1 N–H and O–H groups in total. The fraction of sp³-hybridized carbons (Fsp3) is 1.00. The molecule has 2 fully saturated rings. The van der Waals surface area contributed by atoms with E-state index in [0.29, 0.717) is 13.2 Å². The van der Waals surface area contributed by atoms with Gasteiger partial charge >= 0.3 is 0 Å². The second-order valence-corrected chi connectivity index (χ2v) is 6.14. The van der Waals surface area contributed by atoms with Crippen LogP contribution in [0, 0.1) is 0 Å². The molecule has 16 heavy (non-hydrogen) atoms. The molecule has 0 spiro atoms. The van der Waals surface area contributed by atoms with E-state index in [2.05, 4.69) is 5.32 Å². The molecule has 0 aliphatic carbocycles. The van der Waals surface area contributed by atoms with Gasteiger partial charge in [0.15, 0.2) is 0 Å². The minimum atomic E-state index is -3.09. The van der Waals surface area contributed by atoms with E-state index in [1.165, 1.54) is 6.26 Å². The number of hydrogen-bond acceptors (Lipinski definition) is 4. The van der Waals surface area contributed by atoms with Gasteiger partial charge in [-0.1, -0.05) is 0 Å². The van der Waals surface area contributed by atoms with E-state index in [1.807, 2.05) is 0 Å². The van der Waals surface area contributed by atoms with Crippen molar-refractivity contribution in [2.45, 2.75) is 24.9 Å². The van der Waals surface area contributed by atoms with E-state index in [1.54, 1.807) is 4.31 Å². The van der Waals surface area contributed by atoms with Gasteiger partial charge in [-0.15, -0.1) is 12.4 Å². The van der Waals surface area contributed by atoms with Gasteiger partial charge < -0.3 is 10.1 Å². The van der Waals surface area contributed by atoms with Crippen LogP contribution in [0.1, 0.15) is 12.8 Å².